The zero-order chi connectivity index (χ0) is 20.4. The molecule has 1 aromatic carbocycles. The minimum atomic E-state index is -2.66. The van der Waals surface area contributed by atoms with Gasteiger partial charge in [-0.15, -0.1) is 0 Å². The SMILES string of the molecule is O=C(CN1CC2(CC2)c2cc(C3CC3(F)F)ccc2C1=O)Nc1ncc(F)cn1. The Kier molecular flexibility index (Phi) is 3.75. The number of alkyl halides is 2. The summed E-state index contributed by atoms with van der Waals surface area (Å²) in [6.07, 6.45) is 3.41. The summed E-state index contributed by atoms with van der Waals surface area (Å²) in [5.41, 5.74) is 1.59. The molecule has 1 N–H and O–H groups in total. The van der Waals surface area contributed by atoms with Crippen molar-refractivity contribution in [3.05, 3.63) is 53.1 Å². The van der Waals surface area contributed by atoms with Crippen LogP contribution >= 0.6 is 0 Å². The van der Waals surface area contributed by atoms with Gasteiger partial charge in [0, 0.05) is 23.9 Å². The van der Waals surface area contributed by atoms with E-state index in [1.165, 1.54) is 4.90 Å². The number of halogens is 3. The summed E-state index contributed by atoms with van der Waals surface area (Å²) in [7, 11) is 0. The number of benzene rings is 1. The number of nitrogens with zero attached hydrogens (tertiary/aromatic N) is 3. The Hall–Kier alpha value is -2.97. The molecule has 29 heavy (non-hydrogen) atoms. The summed E-state index contributed by atoms with van der Waals surface area (Å²) in [5, 5.41) is 2.44. The summed E-state index contributed by atoms with van der Waals surface area (Å²) >= 11 is 0. The second kappa shape index (κ2) is 6.01. The largest absolute Gasteiger partial charge is 0.328 e. The number of anilines is 1. The van der Waals surface area contributed by atoms with Crippen LogP contribution < -0.4 is 5.32 Å². The Bertz CT molecular complexity index is 1020. The molecule has 150 valence electrons. The number of rotatable bonds is 4. The molecular weight excluding hydrogens is 385 g/mol. The topological polar surface area (TPSA) is 75.2 Å². The average Bonchev–Trinajstić information content (AvgIpc) is 3.58. The van der Waals surface area contributed by atoms with Gasteiger partial charge in [-0.1, -0.05) is 12.1 Å². The second-order valence-corrected chi connectivity index (χ2v) is 8.04. The van der Waals surface area contributed by atoms with Crippen molar-refractivity contribution in [1.29, 1.82) is 0 Å². The highest BCUT2D eigenvalue weighted by Gasteiger charge is 2.58. The van der Waals surface area contributed by atoms with E-state index in [1.807, 2.05) is 0 Å². The van der Waals surface area contributed by atoms with E-state index in [0.29, 0.717) is 17.7 Å². The van der Waals surface area contributed by atoms with Crippen molar-refractivity contribution in [2.45, 2.75) is 36.5 Å². The molecule has 2 heterocycles. The number of hydrogen-bond donors (Lipinski definition) is 1. The molecule has 0 bridgehead atoms. The molecule has 0 saturated heterocycles. The molecule has 2 amide bonds. The van der Waals surface area contributed by atoms with Crippen LogP contribution in [-0.2, 0) is 10.2 Å². The van der Waals surface area contributed by atoms with Gasteiger partial charge in [-0.05, 0) is 30.0 Å². The highest BCUT2D eigenvalue weighted by Crippen LogP contribution is 2.58. The lowest BCUT2D eigenvalue weighted by Gasteiger charge is -2.34. The van der Waals surface area contributed by atoms with Crippen LogP contribution in [0.1, 0.15) is 46.7 Å². The zero-order valence-electron chi connectivity index (χ0n) is 15.3. The summed E-state index contributed by atoms with van der Waals surface area (Å²) < 4.78 is 39.8. The Balaban J connectivity index is 1.35. The standard InChI is InChI=1S/C20H17F3N4O2/c21-12-7-24-18(25-8-12)26-16(28)9-27-10-19(3-4-19)14-5-11(15-6-20(15,22)23)1-2-13(14)17(27)29/h1-2,5,7-8,15H,3-4,6,9-10H2,(H,24,25,26,28). The van der Waals surface area contributed by atoms with Gasteiger partial charge in [0.2, 0.25) is 11.9 Å². The normalized spacial score (nSPS) is 22.9. The van der Waals surface area contributed by atoms with Gasteiger partial charge in [0.15, 0.2) is 5.82 Å². The summed E-state index contributed by atoms with van der Waals surface area (Å²) in [4.78, 5) is 34.0. The van der Waals surface area contributed by atoms with E-state index in [-0.39, 0.29) is 30.2 Å². The molecule has 2 aliphatic carbocycles. The monoisotopic (exact) mass is 402 g/mol. The van der Waals surface area contributed by atoms with Crippen LogP contribution in [0.25, 0.3) is 0 Å². The molecule has 1 aromatic heterocycles. The quantitative estimate of drug-likeness (QED) is 0.854. The van der Waals surface area contributed by atoms with Crippen LogP contribution in [0.3, 0.4) is 0 Å². The van der Waals surface area contributed by atoms with Crippen LogP contribution in [0.5, 0.6) is 0 Å². The fourth-order valence-electron chi connectivity index (χ4n) is 4.09. The van der Waals surface area contributed by atoms with E-state index >= 15 is 0 Å². The first-order chi connectivity index (χ1) is 13.8. The first-order valence-corrected chi connectivity index (χ1v) is 9.36. The van der Waals surface area contributed by atoms with Crippen LogP contribution in [0, 0.1) is 5.82 Å². The molecule has 5 rings (SSSR count). The number of aromatic nitrogens is 2. The third-order valence-corrected chi connectivity index (χ3v) is 5.91. The first kappa shape index (κ1) is 18.1. The highest BCUT2D eigenvalue weighted by molar-refractivity contribution is 6.01. The van der Waals surface area contributed by atoms with Gasteiger partial charge in [-0.3, -0.25) is 14.9 Å². The predicted molar refractivity (Wildman–Crippen MR) is 96.2 cm³/mol. The molecule has 2 aromatic rings. The summed E-state index contributed by atoms with van der Waals surface area (Å²) in [6, 6.07) is 4.96. The molecular formula is C20H17F3N4O2. The molecule has 0 radical (unpaired) electrons. The van der Waals surface area contributed by atoms with Gasteiger partial charge in [-0.2, -0.15) is 0 Å². The minimum absolute atomic E-state index is 0.0441. The van der Waals surface area contributed by atoms with Crippen molar-refractivity contribution < 1.29 is 22.8 Å². The number of hydrogen-bond acceptors (Lipinski definition) is 4. The van der Waals surface area contributed by atoms with Crippen LogP contribution in [0.2, 0.25) is 0 Å². The summed E-state index contributed by atoms with van der Waals surface area (Å²) in [5.74, 6) is -4.88. The van der Waals surface area contributed by atoms with E-state index in [9.17, 15) is 22.8 Å². The van der Waals surface area contributed by atoms with Crippen molar-refractivity contribution in [3.63, 3.8) is 0 Å². The first-order valence-electron chi connectivity index (χ1n) is 9.36. The lowest BCUT2D eigenvalue weighted by Crippen LogP contribution is -2.46. The van der Waals surface area contributed by atoms with Crippen LogP contribution in [-0.4, -0.2) is 45.7 Å². The molecule has 9 heteroatoms. The van der Waals surface area contributed by atoms with Crippen molar-refractivity contribution >= 4 is 17.8 Å². The van der Waals surface area contributed by atoms with Gasteiger partial charge in [0.25, 0.3) is 11.8 Å². The Morgan fingerprint density at radius 1 is 1.24 bits per heavy atom. The minimum Gasteiger partial charge on any atom is -0.328 e. The van der Waals surface area contributed by atoms with Gasteiger partial charge >= 0.3 is 0 Å². The molecule has 1 atom stereocenters. The Morgan fingerprint density at radius 3 is 2.55 bits per heavy atom. The summed E-state index contributed by atoms with van der Waals surface area (Å²) in [6.45, 7) is 0.171. The van der Waals surface area contributed by atoms with E-state index < -0.39 is 23.6 Å². The number of amides is 2. The molecule has 3 aliphatic rings. The van der Waals surface area contributed by atoms with Gasteiger partial charge in [0.1, 0.15) is 6.54 Å². The van der Waals surface area contributed by atoms with Gasteiger partial charge < -0.3 is 4.90 Å². The van der Waals surface area contributed by atoms with Crippen molar-refractivity contribution in [3.8, 4) is 0 Å². The fraction of sp³-hybridized carbons (Fsp3) is 0.400. The lowest BCUT2D eigenvalue weighted by atomic mass is 9.84. The molecule has 1 aliphatic heterocycles. The third-order valence-electron chi connectivity index (χ3n) is 5.91. The van der Waals surface area contributed by atoms with Gasteiger partial charge in [-0.25, -0.2) is 23.1 Å². The maximum Gasteiger partial charge on any atom is 0.255 e. The number of fused-ring (bicyclic) bond motifs is 2. The van der Waals surface area contributed by atoms with E-state index in [1.54, 1.807) is 18.2 Å². The smallest absolute Gasteiger partial charge is 0.255 e. The van der Waals surface area contributed by atoms with Gasteiger partial charge in [0.05, 0.1) is 18.3 Å². The third kappa shape index (κ3) is 3.14. The van der Waals surface area contributed by atoms with Crippen LogP contribution in [0.15, 0.2) is 30.6 Å². The van der Waals surface area contributed by atoms with E-state index in [0.717, 1.165) is 30.8 Å². The maximum atomic E-state index is 13.5. The molecule has 6 nitrogen and oxygen atoms in total. The molecule has 1 unspecified atom stereocenters. The second-order valence-electron chi connectivity index (χ2n) is 8.04. The Labute approximate surface area is 164 Å². The fourth-order valence-corrected chi connectivity index (χ4v) is 4.09. The molecule has 1 spiro atoms. The average molecular weight is 402 g/mol. The Morgan fingerprint density at radius 2 is 1.93 bits per heavy atom. The molecule has 2 saturated carbocycles. The van der Waals surface area contributed by atoms with Crippen LogP contribution in [0.4, 0.5) is 19.1 Å². The van der Waals surface area contributed by atoms with Crippen molar-refractivity contribution in [1.82, 2.24) is 14.9 Å². The van der Waals surface area contributed by atoms with Crippen molar-refractivity contribution in [2.24, 2.45) is 0 Å². The van der Waals surface area contributed by atoms with E-state index in [4.69, 9.17) is 0 Å². The number of carbonyl (C=O) groups is 2. The molecule has 2 fully saturated rings. The van der Waals surface area contributed by atoms with Crippen molar-refractivity contribution in [2.75, 3.05) is 18.4 Å². The predicted octanol–water partition coefficient (Wildman–Crippen LogP) is 2.86. The highest BCUT2D eigenvalue weighted by atomic mass is 19.3. The number of nitrogens with one attached hydrogen (secondary N) is 1. The maximum absolute atomic E-state index is 13.5. The van der Waals surface area contributed by atoms with E-state index in [2.05, 4.69) is 15.3 Å². The zero-order valence-corrected chi connectivity index (χ0v) is 15.3. The number of carbonyl (C=O) groups excluding carboxylic acids is 2. The lowest BCUT2D eigenvalue weighted by molar-refractivity contribution is -0.117.